The van der Waals surface area contributed by atoms with E-state index >= 15 is 0 Å². The lowest BCUT2D eigenvalue weighted by Crippen LogP contribution is -2.40. The van der Waals surface area contributed by atoms with E-state index in [9.17, 15) is 14.4 Å². The molecule has 0 aliphatic carbocycles. The SMILES string of the molecule is Cn1cc(C(=O)C2CCN(C(=O)CCCc3nn4cccc4c(=O)[nH]3)CC2)cn1. The van der Waals surface area contributed by atoms with Crippen LogP contribution in [0.25, 0.3) is 5.52 Å². The average molecular weight is 396 g/mol. The third-order valence-electron chi connectivity index (χ3n) is 5.46. The Morgan fingerprint density at radius 2 is 2.07 bits per heavy atom. The van der Waals surface area contributed by atoms with E-state index in [4.69, 9.17) is 0 Å². The Hall–Kier alpha value is -3.23. The highest BCUT2D eigenvalue weighted by molar-refractivity contribution is 5.97. The summed E-state index contributed by atoms with van der Waals surface area (Å²) in [4.78, 5) is 41.6. The maximum absolute atomic E-state index is 12.5. The molecule has 4 rings (SSSR count). The molecule has 0 aromatic carbocycles. The van der Waals surface area contributed by atoms with E-state index in [-0.39, 0.29) is 23.2 Å². The molecule has 3 aromatic rings. The van der Waals surface area contributed by atoms with E-state index in [1.807, 2.05) is 4.90 Å². The van der Waals surface area contributed by atoms with Gasteiger partial charge in [-0.1, -0.05) is 0 Å². The lowest BCUT2D eigenvalue weighted by molar-refractivity contribution is -0.132. The first kappa shape index (κ1) is 19.1. The van der Waals surface area contributed by atoms with E-state index in [1.165, 1.54) is 0 Å². The van der Waals surface area contributed by atoms with Crippen molar-refractivity contribution in [2.24, 2.45) is 13.0 Å². The number of aromatic amines is 1. The number of amides is 1. The van der Waals surface area contributed by atoms with Gasteiger partial charge >= 0.3 is 0 Å². The van der Waals surface area contributed by atoms with E-state index in [2.05, 4.69) is 15.2 Å². The predicted molar refractivity (Wildman–Crippen MR) is 106 cm³/mol. The molecule has 0 spiro atoms. The van der Waals surface area contributed by atoms with Crippen molar-refractivity contribution in [2.45, 2.75) is 32.1 Å². The van der Waals surface area contributed by atoms with Gasteiger partial charge in [0, 0.05) is 51.3 Å². The summed E-state index contributed by atoms with van der Waals surface area (Å²) in [6.45, 7) is 1.19. The predicted octanol–water partition coefficient (Wildman–Crippen LogP) is 1.20. The molecule has 0 radical (unpaired) electrons. The number of H-pyrrole nitrogens is 1. The van der Waals surface area contributed by atoms with Crippen molar-refractivity contribution < 1.29 is 9.59 Å². The zero-order chi connectivity index (χ0) is 20.4. The molecule has 9 heteroatoms. The summed E-state index contributed by atoms with van der Waals surface area (Å²) in [5.74, 6) is 0.723. The number of ketones is 1. The maximum atomic E-state index is 12.5. The number of fused-ring (bicyclic) bond motifs is 1. The fourth-order valence-electron chi connectivity index (χ4n) is 3.84. The minimum Gasteiger partial charge on any atom is -0.343 e. The van der Waals surface area contributed by atoms with Gasteiger partial charge in [0.25, 0.3) is 5.56 Å². The number of nitrogens with zero attached hydrogens (tertiary/aromatic N) is 5. The zero-order valence-electron chi connectivity index (χ0n) is 16.4. The molecule has 0 atom stereocenters. The summed E-state index contributed by atoms with van der Waals surface area (Å²) in [6.07, 6.45) is 7.98. The Bertz CT molecular complexity index is 1090. The Balaban J connectivity index is 1.25. The number of carbonyl (C=O) groups is 2. The smallest absolute Gasteiger partial charge is 0.275 e. The van der Waals surface area contributed by atoms with Crippen LogP contribution < -0.4 is 5.56 Å². The van der Waals surface area contributed by atoms with Gasteiger partial charge in [0.1, 0.15) is 11.3 Å². The van der Waals surface area contributed by atoms with E-state index in [1.54, 1.807) is 47.0 Å². The van der Waals surface area contributed by atoms with E-state index < -0.39 is 0 Å². The Morgan fingerprint density at radius 1 is 1.28 bits per heavy atom. The Labute approximate surface area is 167 Å². The van der Waals surface area contributed by atoms with Crippen LogP contribution in [0.15, 0.2) is 35.5 Å². The molecule has 152 valence electrons. The van der Waals surface area contributed by atoms with Crippen molar-refractivity contribution in [1.82, 2.24) is 29.3 Å². The van der Waals surface area contributed by atoms with Crippen LogP contribution in [0.4, 0.5) is 0 Å². The van der Waals surface area contributed by atoms with Crippen LogP contribution in [0.5, 0.6) is 0 Å². The summed E-state index contributed by atoms with van der Waals surface area (Å²) in [7, 11) is 1.79. The van der Waals surface area contributed by atoms with Gasteiger partial charge in [0.2, 0.25) is 5.91 Å². The monoisotopic (exact) mass is 396 g/mol. The van der Waals surface area contributed by atoms with Gasteiger partial charge in [-0.25, -0.2) is 4.52 Å². The van der Waals surface area contributed by atoms with Gasteiger partial charge < -0.3 is 9.88 Å². The molecular weight excluding hydrogens is 372 g/mol. The molecule has 1 amide bonds. The van der Waals surface area contributed by atoms with Crippen LogP contribution in [0.3, 0.4) is 0 Å². The van der Waals surface area contributed by atoms with Crippen LogP contribution in [0.1, 0.15) is 41.9 Å². The second-order valence-electron chi connectivity index (χ2n) is 7.51. The zero-order valence-corrected chi connectivity index (χ0v) is 16.4. The van der Waals surface area contributed by atoms with Crippen molar-refractivity contribution >= 4 is 17.2 Å². The quantitative estimate of drug-likeness (QED) is 0.631. The van der Waals surface area contributed by atoms with Crippen molar-refractivity contribution in [3.05, 3.63) is 52.5 Å². The van der Waals surface area contributed by atoms with Gasteiger partial charge in [-0.15, -0.1) is 0 Å². The number of likely N-dealkylation sites (tertiary alicyclic amines) is 1. The molecule has 0 unspecified atom stereocenters. The topological polar surface area (TPSA) is 105 Å². The Morgan fingerprint density at radius 3 is 2.79 bits per heavy atom. The normalized spacial score (nSPS) is 15.1. The molecule has 29 heavy (non-hydrogen) atoms. The summed E-state index contributed by atoms with van der Waals surface area (Å²) < 4.78 is 3.18. The number of carbonyl (C=O) groups excluding carboxylic acids is 2. The number of hydrogen-bond donors (Lipinski definition) is 1. The van der Waals surface area contributed by atoms with Gasteiger partial charge in [-0.05, 0) is 31.4 Å². The van der Waals surface area contributed by atoms with Crippen LogP contribution >= 0.6 is 0 Å². The highest BCUT2D eigenvalue weighted by Gasteiger charge is 2.28. The number of nitrogens with one attached hydrogen (secondary N) is 1. The number of aromatic nitrogens is 5. The summed E-state index contributed by atoms with van der Waals surface area (Å²) in [6, 6.07) is 3.48. The highest BCUT2D eigenvalue weighted by Crippen LogP contribution is 2.22. The van der Waals surface area contributed by atoms with Crippen LogP contribution in [-0.2, 0) is 18.3 Å². The summed E-state index contributed by atoms with van der Waals surface area (Å²) >= 11 is 0. The third-order valence-corrected chi connectivity index (χ3v) is 5.46. The number of piperidine rings is 1. The summed E-state index contributed by atoms with van der Waals surface area (Å²) in [5, 5.41) is 8.41. The molecular formula is C20H24N6O3. The van der Waals surface area contributed by atoms with Crippen LogP contribution in [-0.4, -0.2) is 54.1 Å². The van der Waals surface area contributed by atoms with Crippen molar-refractivity contribution in [3.8, 4) is 0 Å². The molecule has 0 saturated carbocycles. The van der Waals surface area contributed by atoms with Gasteiger partial charge in [0.05, 0.1) is 11.8 Å². The standard InChI is InChI=1S/C20H24N6O3/c1-24-13-15(12-21-24)19(28)14-7-10-25(11-8-14)18(27)6-2-5-17-22-20(29)16-4-3-9-26(16)23-17/h3-4,9,12-14H,2,5-8,10-11H2,1H3,(H,22,23,29). The molecule has 4 heterocycles. The Kier molecular flexibility index (Phi) is 5.28. The molecule has 1 saturated heterocycles. The first-order chi connectivity index (χ1) is 14.0. The fourth-order valence-corrected chi connectivity index (χ4v) is 3.84. The van der Waals surface area contributed by atoms with Crippen molar-refractivity contribution in [1.29, 1.82) is 0 Å². The largest absolute Gasteiger partial charge is 0.343 e. The molecule has 0 bridgehead atoms. The van der Waals surface area contributed by atoms with E-state index in [0.29, 0.717) is 62.1 Å². The minimum absolute atomic E-state index is 0.0502. The molecule has 3 aromatic heterocycles. The minimum atomic E-state index is -0.174. The first-order valence-corrected chi connectivity index (χ1v) is 9.88. The first-order valence-electron chi connectivity index (χ1n) is 9.88. The molecule has 1 aliphatic rings. The lowest BCUT2D eigenvalue weighted by atomic mass is 9.90. The maximum Gasteiger partial charge on any atom is 0.275 e. The molecule has 1 fully saturated rings. The fraction of sp³-hybridized carbons (Fsp3) is 0.450. The van der Waals surface area contributed by atoms with Gasteiger partial charge in [-0.2, -0.15) is 10.2 Å². The van der Waals surface area contributed by atoms with Gasteiger partial charge in [0.15, 0.2) is 5.78 Å². The number of Topliss-reactive ketones (excluding diaryl/α,β-unsaturated/α-hetero) is 1. The second kappa shape index (κ2) is 8.02. The van der Waals surface area contributed by atoms with Crippen molar-refractivity contribution in [2.75, 3.05) is 13.1 Å². The molecule has 1 aliphatic heterocycles. The molecule has 9 nitrogen and oxygen atoms in total. The van der Waals surface area contributed by atoms with E-state index in [0.717, 1.165) is 0 Å². The van der Waals surface area contributed by atoms with Crippen LogP contribution in [0, 0.1) is 5.92 Å². The van der Waals surface area contributed by atoms with Crippen LogP contribution in [0.2, 0.25) is 0 Å². The number of rotatable bonds is 6. The lowest BCUT2D eigenvalue weighted by Gasteiger charge is -2.31. The number of hydrogen-bond acceptors (Lipinski definition) is 5. The third kappa shape index (κ3) is 4.13. The van der Waals surface area contributed by atoms with Crippen molar-refractivity contribution in [3.63, 3.8) is 0 Å². The van der Waals surface area contributed by atoms with Gasteiger partial charge in [-0.3, -0.25) is 19.1 Å². The summed E-state index contributed by atoms with van der Waals surface area (Å²) in [5.41, 5.74) is 0.971. The highest BCUT2D eigenvalue weighted by atomic mass is 16.2. The number of aryl methyl sites for hydroxylation is 2. The second-order valence-corrected chi connectivity index (χ2v) is 7.51. The molecule has 1 N–H and O–H groups in total. The average Bonchev–Trinajstić information content (AvgIpc) is 3.37.